The molecule has 1 saturated heterocycles. The van der Waals surface area contributed by atoms with Gasteiger partial charge in [0.2, 0.25) is 5.75 Å². The van der Waals surface area contributed by atoms with Crippen molar-refractivity contribution in [1.82, 2.24) is 25.5 Å². The predicted octanol–water partition coefficient (Wildman–Crippen LogP) is 0.918. The Kier molecular flexibility index (Phi) is 7.49. The second-order valence-corrected chi connectivity index (χ2v) is 8.62. The Bertz CT molecular complexity index is 911. The second kappa shape index (κ2) is 10.1. The van der Waals surface area contributed by atoms with Crippen LogP contribution in [0.5, 0.6) is 11.6 Å². The van der Waals surface area contributed by atoms with E-state index in [2.05, 4.69) is 20.6 Å². The maximum absolute atomic E-state index is 12.6. The van der Waals surface area contributed by atoms with Crippen LogP contribution in [0.1, 0.15) is 13.3 Å². The molecule has 3 amide bonds. The average molecular weight is 470 g/mol. The summed E-state index contributed by atoms with van der Waals surface area (Å²) in [5.74, 6) is -0.297. The van der Waals surface area contributed by atoms with Crippen LogP contribution in [0, 0.1) is 0 Å². The van der Waals surface area contributed by atoms with Gasteiger partial charge < -0.3 is 25.2 Å². The monoisotopic (exact) mass is 469 g/mol. The average Bonchev–Trinajstić information content (AvgIpc) is 2.78. The van der Waals surface area contributed by atoms with Crippen LogP contribution in [0.2, 0.25) is 0 Å². The van der Waals surface area contributed by atoms with E-state index in [4.69, 9.17) is 9.47 Å². The molecule has 3 heterocycles. The number of fused-ring (bicyclic) bond motifs is 1. The van der Waals surface area contributed by atoms with Gasteiger partial charge in [0.25, 0.3) is 11.8 Å². The van der Waals surface area contributed by atoms with Gasteiger partial charge in [0.05, 0.1) is 14.2 Å². The van der Waals surface area contributed by atoms with Crippen molar-refractivity contribution >= 4 is 41.4 Å². The first-order valence-electron chi connectivity index (χ1n) is 9.43. The van der Waals surface area contributed by atoms with Crippen LogP contribution in [-0.4, -0.2) is 81.6 Å². The maximum atomic E-state index is 12.6. The van der Waals surface area contributed by atoms with E-state index in [1.807, 2.05) is 6.92 Å². The number of hydrogen-bond donors (Lipinski definition) is 3. The molecule has 31 heavy (non-hydrogen) atoms. The molecule has 0 radical (unpaired) electrons. The molecule has 2 atom stereocenters. The largest absolute Gasteiger partial charge is 0.489 e. The van der Waals surface area contributed by atoms with Crippen LogP contribution >= 0.6 is 23.5 Å². The van der Waals surface area contributed by atoms with E-state index in [0.29, 0.717) is 28.6 Å². The second-order valence-electron chi connectivity index (χ2n) is 6.56. The molecular formula is C18H23N5O6S2. The van der Waals surface area contributed by atoms with Crippen molar-refractivity contribution in [3.8, 4) is 11.6 Å². The van der Waals surface area contributed by atoms with E-state index in [-0.39, 0.29) is 17.3 Å². The Morgan fingerprint density at radius 1 is 1.35 bits per heavy atom. The molecule has 0 bridgehead atoms. The molecular weight excluding hydrogens is 446 g/mol. The summed E-state index contributed by atoms with van der Waals surface area (Å²) in [7, 11) is 2.93. The molecule has 1 aromatic heterocycles. The van der Waals surface area contributed by atoms with Crippen LogP contribution in [0.3, 0.4) is 0 Å². The fourth-order valence-electron chi connectivity index (χ4n) is 3.15. The molecule has 3 N–H and O–H groups in total. The minimum Gasteiger partial charge on any atom is -0.489 e. The number of rotatable bonds is 9. The molecule has 13 heteroatoms. The number of hydrogen-bond acceptors (Lipinski definition) is 9. The van der Waals surface area contributed by atoms with Gasteiger partial charge in [-0.3, -0.25) is 9.69 Å². The van der Waals surface area contributed by atoms with Crippen molar-refractivity contribution in [3.63, 3.8) is 0 Å². The highest BCUT2D eigenvalue weighted by Gasteiger charge is 2.54. The Hall–Kier alpha value is -2.67. The van der Waals surface area contributed by atoms with Gasteiger partial charge in [0.1, 0.15) is 28.5 Å². The maximum Gasteiger partial charge on any atom is 0.352 e. The van der Waals surface area contributed by atoms with Gasteiger partial charge in [0, 0.05) is 18.1 Å². The van der Waals surface area contributed by atoms with E-state index in [1.54, 1.807) is 0 Å². The molecule has 1 fully saturated rings. The molecule has 0 spiro atoms. The Balaban J connectivity index is 1.75. The number of carboxylic acids is 1. The van der Waals surface area contributed by atoms with E-state index in [9.17, 15) is 19.5 Å². The fourth-order valence-corrected chi connectivity index (χ4v) is 5.59. The number of carbonyl (C=O) groups is 3. The number of carboxylic acid groups (broad SMARTS) is 1. The minimum absolute atomic E-state index is 0.0479. The zero-order valence-electron chi connectivity index (χ0n) is 17.2. The van der Waals surface area contributed by atoms with E-state index >= 15 is 0 Å². The highest BCUT2D eigenvalue weighted by molar-refractivity contribution is 8.01. The third-order valence-electron chi connectivity index (χ3n) is 4.59. The Morgan fingerprint density at radius 3 is 2.77 bits per heavy atom. The quantitative estimate of drug-likeness (QED) is 0.271. The number of urea groups is 1. The van der Waals surface area contributed by atoms with Crippen molar-refractivity contribution in [2.24, 2.45) is 0 Å². The first-order valence-corrected chi connectivity index (χ1v) is 11.5. The number of aromatic nitrogens is 2. The Morgan fingerprint density at radius 2 is 2.13 bits per heavy atom. The Labute approximate surface area is 187 Å². The van der Waals surface area contributed by atoms with Gasteiger partial charge in [-0.2, -0.15) is 4.98 Å². The standard InChI is InChI=1S/C18H23N5O6S2/c1-4-5-19-18(27)22-10-15(24)23-11(17(25)26)9(7-31-16(10)23)6-30-14-12(28-2)13(29-3)20-8-21-14/h8,10,16H,4-7H2,1-3H3,(H,25,26)(H2,19,22,27)/t10?,16-/m0/s1. The van der Waals surface area contributed by atoms with Crippen LogP contribution in [0.25, 0.3) is 0 Å². The van der Waals surface area contributed by atoms with Gasteiger partial charge in [0.15, 0.2) is 0 Å². The van der Waals surface area contributed by atoms with Crippen LogP contribution in [-0.2, 0) is 9.59 Å². The van der Waals surface area contributed by atoms with Crippen LogP contribution in [0.4, 0.5) is 4.79 Å². The lowest BCUT2D eigenvalue weighted by Crippen LogP contribution is -2.71. The van der Waals surface area contributed by atoms with Crippen molar-refractivity contribution < 1.29 is 29.0 Å². The number of nitrogens with one attached hydrogen (secondary N) is 2. The molecule has 2 aliphatic rings. The number of carbonyl (C=O) groups excluding carboxylic acids is 2. The zero-order valence-corrected chi connectivity index (χ0v) is 18.8. The van der Waals surface area contributed by atoms with E-state index < -0.39 is 29.3 Å². The van der Waals surface area contributed by atoms with Crippen LogP contribution in [0.15, 0.2) is 22.6 Å². The van der Waals surface area contributed by atoms with Crippen LogP contribution < -0.4 is 20.1 Å². The van der Waals surface area contributed by atoms with Crippen molar-refractivity contribution in [1.29, 1.82) is 0 Å². The summed E-state index contributed by atoms with van der Waals surface area (Å²) < 4.78 is 10.5. The van der Waals surface area contributed by atoms with E-state index in [0.717, 1.165) is 6.42 Å². The lowest BCUT2D eigenvalue weighted by atomic mass is 10.0. The molecule has 168 valence electrons. The molecule has 11 nitrogen and oxygen atoms in total. The van der Waals surface area contributed by atoms with Gasteiger partial charge in [-0.25, -0.2) is 14.6 Å². The topological polar surface area (TPSA) is 143 Å². The number of ether oxygens (including phenoxy) is 2. The minimum atomic E-state index is -1.18. The normalized spacial score (nSPS) is 20.0. The lowest BCUT2D eigenvalue weighted by Gasteiger charge is -2.49. The number of nitrogens with zero attached hydrogens (tertiary/aromatic N) is 3. The molecule has 3 rings (SSSR count). The fraction of sp³-hybridized carbons (Fsp3) is 0.500. The molecule has 1 aromatic rings. The number of aliphatic carboxylic acids is 1. The summed E-state index contributed by atoms with van der Waals surface area (Å²) in [6.07, 6.45) is 2.10. The molecule has 1 unspecified atom stereocenters. The molecule has 0 saturated carbocycles. The highest BCUT2D eigenvalue weighted by atomic mass is 32.2. The molecule has 0 aliphatic carbocycles. The van der Waals surface area contributed by atoms with Gasteiger partial charge in [-0.05, 0) is 12.0 Å². The number of thioether (sulfide) groups is 2. The smallest absolute Gasteiger partial charge is 0.352 e. The highest BCUT2D eigenvalue weighted by Crippen LogP contribution is 2.42. The summed E-state index contributed by atoms with van der Waals surface area (Å²) in [6, 6.07) is -1.19. The summed E-state index contributed by atoms with van der Waals surface area (Å²) in [5.41, 5.74) is 0.536. The van der Waals surface area contributed by atoms with Gasteiger partial charge in [-0.15, -0.1) is 11.8 Å². The van der Waals surface area contributed by atoms with Crippen molar-refractivity contribution in [2.75, 3.05) is 32.3 Å². The lowest BCUT2D eigenvalue weighted by molar-refractivity contribution is -0.148. The zero-order chi connectivity index (χ0) is 22.5. The third kappa shape index (κ3) is 4.66. The number of methoxy groups -OCH3 is 2. The van der Waals surface area contributed by atoms with Gasteiger partial charge in [-0.1, -0.05) is 18.7 Å². The SMILES string of the molecule is CCCNC(=O)NC1C(=O)N2C(C(=O)O)=C(CSc3ncnc(OC)c3OC)CS[C@@H]12. The summed E-state index contributed by atoms with van der Waals surface area (Å²) >= 11 is 2.68. The first-order chi connectivity index (χ1) is 14.9. The van der Waals surface area contributed by atoms with Gasteiger partial charge >= 0.3 is 12.0 Å². The van der Waals surface area contributed by atoms with Crippen molar-refractivity contribution in [2.45, 2.75) is 29.8 Å². The molecule has 2 aliphatic heterocycles. The number of amides is 3. The third-order valence-corrected chi connectivity index (χ3v) is 6.99. The summed E-state index contributed by atoms with van der Waals surface area (Å²) in [4.78, 5) is 45.9. The molecule has 0 aromatic carbocycles. The summed E-state index contributed by atoms with van der Waals surface area (Å²) in [6.45, 7) is 2.41. The van der Waals surface area contributed by atoms with E-state index in [1.165, 1.54) is 49.0 Å². The number of β-lactam (4-membered cyclic amide) rings is 1. The van der Waals surface area contributed by atoms with Crippen molar-refractivity contribution in [3.05, 3.63) is 17.6 Å². The predicted molar refractivity (Wildman–Crippen MR) is 114 cm³/mol. The summed E-state index contributed by atoms with van der Waals surface area (Å²) in [5, 5.41) is 15.1. The first kappa shape index (κ1) is 23.0.